The number of ether oxygens (including phenoxy) is 4. The van der Waals surface area contributed by atoms with Gasteiger partial charge >= 0.3 is 5.97 Å². The minimum Gasteiger partial charge on any atom is -0.493 e. The molecule has 0 aliphatic carbocycles. The lowest BCUT2D eigenvalue weighted by Crippen LogP contribution is -2.33. The predicted molar refractivity (Wildman–Crippen MR) is 136 cm³/mol. The molecule has 0 saturated carbocycles. The number of hydrogen-bond donors (Lipinski definition) is 2. The first-order chi connectivity index (χ1) is 17.5. The van der Waals surface area contributed by atoms with Gasteiger partial charge in [0.15, 0.2) is 11.5 Å². The third-order valence-electron chi connectivity index (χ3n) is 5.16. The SMILES string of the molecule is COC(=O)C(=Cc1ccc(OCC(O)CNCCOc2ccccc2OC)cc1)c1cccc(F)c1. The van der Waals surface area contributed by atoms with E-state index in [1.54, 1.807) is 43.5 Å². The maximum Gasteiger partial charge on any atom is 0.338 e. The Morgan fingerprint density at radius 2 is 1.75 bits per heavy atom. The van der Waals surface area contributed by atoms with Crippen LogP contribution in [0.2, 0.25) is 0 Å². The maximum atomic E-state index is 13.6. The number of para-hydroxylation sites is 2. The van der Waals surface area contributed by atoms with Gasteiger partial charge in [-0.05, 0) is 53.6 Å². The zero-order chi connectivity index (χ0) is 25.8. The van der Waals surface area contributed by atoms with Gasteiger partial charge in [-0.15, -0.1) is 0 Å². The second-order valence-electron chi connectivity index (χ2n) is 7.80. The van der Waals surface area contributed by atoms with Gasteiger partial charge in [0.05, 0.1) is 19.8 Å². The van der Waals surface area contributed by atoms with Crippen molar-refractivity contribution < 1.29 is 33.2 Å². The van der Waals surface area contributed by atoms with E-state index in [9.17, 15) is 14.3 Å². The lowest BCUT2D eigenvalue weighted by atomic mass is 10.0. The van der Waals surface area contributed by atoms with Crippen LogP contribution in [0.4, 0.5) is 4.39 Å². The quantitative estimate of drug-likeness (QED) is 0.161. The van der Waals surface area contributed by atoms with Gasteiger partial charge in [-0.2, -0.15) is 0 Å². The van der Waals surface area contributed by atoms with E-state index in [1.807, 2.05) is 24.3 Å². The highest BCUT2D eigenvalue weighted by molar-refractivity contribution is 6.21. The second kappa shape index (κ2) is 13.9. The Labute approximate surface area is 210 Å². The summed E-state index contributed by atoms with van der Waals surface area (Å²) in [5.41, 5.74) is 1.37. The van der Waals surface area contributed by atoms with E-state index in [2.05, 4.69) is 5.32 Å². The van der Waals surface area contributed by atoms with Crippen LogP contribution >= 0.6 is 0 Å². The molecule has 0 aliphatic rings. The summed E-state index contributed by atoms with van der Waals surface area (Å²) in [6.45, 7) is 1.41. The number of aliphatic hydroxyl groups is 1. The van der Waals surface area contributed by atoms with Crippen LogP contribution in [0, 0.1) is 5.82 Å². The molecule has 1 unspecified atom stereocenters. The largest absolute Gasteiger partial charge is 0.493 e. The van der Waals surface area contributed by atoms with Crippen LogP contribution < -0.4 is 19.5 Å². The zero-order valence-corrected chi connectivity index (χ0v) is 20.3. The van der Waals surface area contributed by atoms with E-state index < -0.39 is 17.9 Å². The van der Waals surface area contributed by atoms with E-state index in [1.165, 1.54) is 25.3 Å². The van der Waals surface area contributed by atoms with Crippen molar-refractivity contribution in [2.75, 3.05) is 40.5 Å². The van der Waals surface area contributed by atoms with Crippen molar-refractivity contribution in [2.45, 2.75) is 6.10 Å². The number of halogens is 1. The van der Waals surface area contributed by atoms with E-state index >= 15 is 0 Å². The van der Waals surface area contributed by atoms with Gasteiger partial charge < -0.3 is 29.4 Å². The van der Waals surface area contributed by atoms with Gasteiger partial charge in [0.1, 0.15) is 30.9 Å². The standard InChI is InChI=1S/C28H30FNO6/c1-33-26-8-3-4-9-27(26)35-15-14-30-18-23(31)19-36-24-12-10-20(11-13-24)16-25(28(32)34-2)21-6-5-7-22(29)17-21/h3-13,16-17,23,30-31H,14-15,18-19H2,1-2H3. The fourth-order valence-electron chi connectivity index (χ4n) is 3.34. The summed E-state index contributed by atoms with van der Waals surface area (Å²) in [6, 6.07) is 20.2. The maximum absolute atomic E-state index is 13.6. The van der Waals surface area contributed by atoms with Crippen molar-refractivity contribution in [1.29, 1.82) is 0 Å². The molecular weight excluding hydrogens is 465 g/mol. The predicted octanol–water partition coefficient (Wildman–Crippen LogP) is 3.96. The Kier molecular flexibility index (Phi) is 10.3. The van der Waals surface area contributed by atoms with E-state index in [4.69, 9.17) is 18.9 Å². The molecule has 0 saturated heterocycles. The van der Waals surface area contributed by atoms with Crippen molar-refractivity contribution in [3.05, 3.63) is 89.7 Å². The third kappa shape index (κ3) is 8.11. The number of benzene rings is 3. The summed E-state index contributed by atoms with van der Waals surface area (Å²) < 4.78 is 35.0. The molecule has 36 heavy (non-hydrogen) atoms. The molecule has 0 bridgehead atoms. The Bertz CT molecular complexity index is 1150. The van der Waals surface area contributed by atoms with Crippen molar-refractivity contribution in [1.82, 2.24) is 5.32 Å². The number of methoxy groups -OCH3 is 2. The van der Waals surface area contributed by atoms with Crippen molar-refractivity contribution in [3.8, 4) is 17.2 Å². The van der Waals surface area contributed by atoms with Crippen LogP contribution in [-0.4, -0.2) is 57.7 Å². The van der Waals surface area contributed by atoms with Gasteiger partial charge in [0, 0.05) is 13.1 Å². The minimum atomic E-state index is -0.713. The zero-order valence-electron chi connectivity index (χ0n) is 20.3. The highest BCUT2D eigenvalue weighted by atomic mass is 19.1. The molecule has 8 heteroatoms. The Hall–Kier alpha value is -3.88. The molecule has 0 aromatic heterocycles. The highest BCUT2D eigenvalue weighted by Crippen LogP contribution is 2.25. The van der Waals surface area contributed by atoms with E-state index in [0.717, 1.165) is 0 Å². The smallest absolute Gasteiger partial charge is 0.338 e. The normalized spacial score (nSPS) is 12.1. The first-order valence-electron chi connectivity index (χ1n) is 11.4. The molecule has 2 N–H and O–H groups in total. The van der Waals surface area contributed by atoms with Gasteiger partial charge in [-0.3, -0.25) is 0 Å². The lowest BCUT2D eigenvalue weighted by molar-refractivity contribution is -0.133. The van der Waals surface area contributed by atoms with E-state index in [-0.39, 0.29) is 12.2 Å². The van der Waals surface area contributed by atoms with Crippen LogP contribution in [-0.2, 0) is 9.53 Å². The van der Waals surface area contributed by atoms with Gasteiger partial charge in [-0.25, -0.2) is 9.18 Å². The number of carbonyl (C=O) groups is 1. The summed E-state index contributed by atoms with van der Waals surface area (Å²) in [7, 11) is 2.87. The molecule has 3 rings (SSSR count). The Morgan fingerprint density at radius 3 is 2.44 bits per heavy atom. The molecule has 0 aliphatic heterocycles. The molecule has 0 spiro atoms. The first-order valence-corrected chi connectivity index (χ1v) is 11.4. The topological polar surface area (TPSA) is 86.3 Å². The van der Waals surface area contributed by atoms with Crippen molar-refractivity contribution in [2.24, 2.45) is 0 Å². The second-order valence-corrected chi connectivity index (χ2v) is 7.80. The average Bonchev–Trinajstić information content (AvgIpc) is 2.90. The number of carbonyl (C=O) groups excluding carboxylic acids is 1. The van der Waals surface area contributed by atoms with Crippen LogP contribution in [0.3, 0.4) is 0 Å². The Morgan fingerprint density at radius 1 is 1.00 bits per heavy atom. The monoisotopic (exact) mass is 495 g/mol. The first kappa shape index (κ1) is 26.7. The summed E-state index contributed by atoms with van der Waals surface area (Å²) in [6.07, 6.45) is 0.908. The highest BCUT2D eigenvalue weighted by Gasteiger charge is 2.13. The molecule has 0 heterocycles. The van der Waals surface area contributed by atoms with Gasteiger partial charge in [0.25, 0.3) is 0 Å². The van der Waals surface area contributed by atoms with Gasteiger partial charge in [-0.1, -0.05) is 36.4 Å². The third-order valence-corrected chi connectivity index (χ3v) is 5.16. The number of esters is 1. The number of aliphatic hydroxyl groups excluding tert-OH is 1. The summed E-state index contributed by atoms with van der Waals surface area (Å²) >= 11 is 0. The van der Waals surface area contributed by atoms with Gasteiger partial charge in [0.2, 0.25) is 0 Å². The molecule has 3 aromatic rings. The molecular formula is C28H30FNO6. The minimum absolute atomic E-state index is 0.103. The molecule has 0 fully saturated rings. The molecule has 0 radical (unpaired) electrons. The molecule has 190 valence electrons. The van der Waals surface area contributed by atoms with Crippen molar-refractivity contribution >= 4 is 17.6 Å². The molecule has 0 amide bonds. The summed E-state index contributed by atoms with van der Waals surface area (Å²) in [5.74, 6) is 0.894. The average molecular weight is 496 g/mol. The van der Waals surface area contributed by atoms with E-state index in [0.29, 0.717) is 48.1 Å². The molecule has 1 atom stereocenters. The lowest BCUT2D eigenvalue weighted by Gasteiger charge is -2.14. The summed E-state index contributed by atoms with van der Waals surface area (Å²) in [4.78, 5) is 12.2. The fraction of sp³-hybridized carbons (Fsp3) is 0.250. The molecule has 3 aromatic carbocycles. The molecule has 7 nitrogen and oxygen atoms in total. The number of hydrogen-bond acceptors (Lipinski definition) is 7. The van der Waals surface area contributed by atoms with Crippen LogP contribution in [0.25, 0.3) is 11.6 Å². The fourth-order valence-corrected chi connectivity index (χ4v) is 3.34. The van der Waals surface area contributed by atoms with Crippen molar-refractivity contribution in [3.63, 3.8) is 0 Å². The number of nitrogens with one attached hydrogen (secondary N) is 1. The number of rotatable bonds is 13. The summed E-state index contributed by atoms with van der Waals surface area (Å²) in [5, 5.41) is 13.3. The Balaban J connectivity index is 1.45. The van der Waals surface area contributed by atoms with Crippen LogP contribution in [0.1, 0.15) is 11.1 Å². The van der Waals surface area contributed by atoms with Crippen LogP contribution in [0.15, 0.2) is 72.8 Å². The van der Waals surface area contributed by atoms with Crippen LogP contribution in [0.5, 0.6) is 17.2 Å².